The van der Waals surface area contributed by atoms with Crippen molar-refractivity contribution in [1.82, 2.24) is 10.3 Å². The quantitative estimate of drug-likeness (QED) is 0.924. The Morgan fingerprint density at radius 1 is 1.20 bits per heavy atom. The number of aromatic nitrogens is 1. The molecule has 0 amide bonds. The Morgan fingerprint density at radius 2 is 1.95 bits per heavy atom. The summed E-state index contributed by atoms with van der Waals surface area (Å²) in [6.45, 7) is 0. The fraction of sp³-hybridized carbons (Fsp3) is 0.786. The summed E-state index contributed by atoms with van der Waals surface area (Å²) in [4.78, 5) is 6.31. The van der Waals surface area contributed by atoms with Gasteiger partial charge in [0.05, 0.1) is 22.7 Å². The highest BCUT2D eigenvalue weighted by Gasteiger charge is 2.44. The maximum Gasteiger partial charge on any atom is 0.150 e. The van der Waals surface area contributed by atoms with E-state index in [0.29, 0.717) is 30.4 Å². The third-order valence-electron chi connectivity index (χ3n) is 4.74. The van der Waals surface area contributed by atoms with E-state index in [1.807, 2.05) is 11.3 Å². The van der Waals surface area contributed by atoms with Crippen molar-refractivity contribution in [2.45, 2.75) is 56.5 Å². The molecule has 110 valence electrons. The minimum absolute atomic E-state index is 0.165. The van der Waals surface area contributed by atoms with Gasteiger partial charge in [0.1, 0.15) is 14.8 Å². The zero-order valence-corrected chi connectivity index (χ0v) is 13.2. The second-order valence-electron chi connectivity index (χ2n) is 6.39. The Kier molecular flexibility index (Phi) is 2.98. The van der Waals surface area contributed by atoms with Gasteiger partial charge >= 0.3 is 0 Å². The lowest BCUT2D eigenvalue weighted by Gasteiger charge is -2.36. The number of thiazole rings is 1. The molecule has 4 nitrogen and oxygen atoms in total. The molecule has 0 spiro atoms. The van der Waals surface area contributed by atoms with E-state index in [2.05, 4.69) is 5.32 Å². The monoisotopic (exact) mass is 312 g/mol. The number of aryl methyl sites for hydroxylation is 2. The molecule has 2 fully saturated rings. The highest BCUT2D eigenvalue weighted by molar-refractivity contribution is 7.91. The van der Waals surface area contributed by atoms with Gasteiger partial charge in [0.15, 0.2) is 0 Å². The Bertz CT molecular complexity index is 596. The van der Waals surface area contributed by atoms with Gasteiger partial charge in [-0.15, -0.1) is 11.3 Å². The normalized spacial score (nSPS) is 27.4. The van der Waals surface area contributed by atoms with E-state index in [1.165, 1.54) is 29.8 Å². The van der Waals surface area contributed by atoms with E-state index in [0.717, 1.165) is 17.8 Å². The molecule has 0 bridgehead atoms. The molecule has 2 aliphatic carbocycles. The van der Waals surface area contributed by atoms with Crippen LogP contribution in [0.4, 0.5) is 0 Å². The van der Waals surface area contributed by atoms with Crippen LogP contribution in [0.5, 0.6) is 0 Å². The lowest BCUT2D eigenvalue weighted by molar-refractivity contribution is 0.295. The van der Waals surface area contributed by atoms with E-state index >= 15 is 0 Å². The number of fused-ring (bicyclic) bond motifs is 1. The van der Waals surface area contributed by atoms with Gasteiger partial charge in [-0.1, -0.05) is 0 Å². The van der Waals surface area contributed by atoms with Crippen LogP contribution in [0.3, 0.4) is 0 Å². The molecular weight excluding hydrogens is 292 g/mol. The second-order valence-corrected chi connectivity index (χ2v) is 9.78. The van der Waals surface area contributed by atoms with Crippen LogP contribution in [0.25, 0.3) is 0 Å². The van der Waals surface area contributed by atoms with E-state index in [9.17, 15) is 8.42 Å². The fourth-order valence-corrected chi connectivity index (χ4v) is 6.20. The summed E-state index contributed by atoms with van der Waals surface area (Å²) in [6.07, 6.45) is 7.32. The third kappa shape index (κ3) is 2.31. The van der Waals surface area contributed by atoms with Crippen LogP contribution < -0.4 is 5.32 Å². The molecule has 20 heavy (non-hydrogen) atoms. The Hall–Kier alpha value is -0.460. The summed E-state index contributed by atoms with van der Waals surface area (Å²) in [5.74, 6) is 0.605. The van der Waals surface area contributed by atoms with Crippen LogP contribution >= 0.6 is 11.3 Å². The second kappa shape index (κ2) is 4.52. The Balaban J connectivity index is 1.67. The molecule has 2 heterocycles. The number of rotatable bonds is 3. The number of hydrogen-bond donors (Lipinski definition) is 1. The number of hydrogen-bond acceptors (Lipinski definition) is 5. The first-order chi connectivity index (χ1) is 9.56. The molecule has 1 aromatic rings. The van der Waals surface area contributed by atoms with Crippen LogP contribution in [-0.4, -0.2) is 30.9 Å². The molecule has 0 unspecified atom stereocenters. The average Bonchev–Trinajstić information content (AvgIpc) is 2.94. The van der Waals surface area contributed by atoms with Gasteiger partial charge in [0, 0.05) is 10.9 Å². The third-order valence-corrected chi connectivity index (χ3v) is 7.76. The molecular formula is C14H20N2O2S2. The van der Waals surface area contributed by atoms with Crippen molar-refractivity contribution >= 4 is 21.2 Å². The van der Waals surface area contributed by atoms with Gasteiger partial charge in [-0.2, -0.15) is 0 Å². The molecule has 4 rings (SSSR count). The molecule has 1 aliphatic heterocycles. The lowest BCUT2D eigenvalue weighted by Crippen LogP contribution is -2.49. The molecule has 0 radical (unpaired) electrons. The molecule has 6 heteroatoms. The fourth-order valence-electron chi connectivity index (χ4n) is 3.32. The highest BCUT2D eigenvalue weighted by atomic mass is 32.2. The van der Waals surface area contributed by atoms with Gasteiger partial charge in [-0.05, 0) is 44.9 Å². The van der Waals surface area contributed by atoms with Crippen molar-refractivity contribution in [1.29, 1.82) is 0 Å². The van der Waals surface area contributed by atoms with Crippen LogP contribution in [0, 0.1) is 0 Å². The SMILES string of the molecule is O=S1(=O)CCC(NC2CC2)(c2nc3c(s2)CCC3)CC1. The highest BCUT2D eigenvalue weighted by Crippen LogP contribution is 2.41. The smallest absolute Gasteiger partial charge is 0.150 e. The lowest BCUT2D eigenvalue weighted by atomic mass is 9.92. The zero-order valence-electron chi connectivity index (χ0n) is 11.5. The number of nitrogens with one attached hydrogen (secondary N) is 1. The standard InChI is InChI=1S/C14H20N2O2S2/c17-20(18)8-6-14(7-9-20,16-10-4-5-10)13-15-11-2-1-3-12(11)19-13/h10,16H,1-9H2. The summed E-state index contributed by atoms with van der Waals surface area (Å²) < 4.78 is 23.5. The minimum Gasteiger partial charge on any atom is -0.303 e. The van der Waals surface area contributed by atoms with E-state index in [4.69, 9.17) is 4.98 Å². The first kappa shape index (κ1) is 13.2. The summed E-state index contributed by atoms with van der Waals surface area (Å²) >= 11 is 1.83. The first-order valence-electron chi connectivity index (χ1n) is 7.54. The first-order valence-corrected chi connectivity index (χ1v) is 10.2. The van der Waals surface area contributed by atoms with Crippen molar-refractivity contribution in [2.75, 3.05) is 11.5 Å². The molecule has 1 N–H and O–H groups in total. The van der Waals surface area contributed by atoms with Crippen molar-refractivity contribution in [3.8, 4) is 0 Å². The Morgan fingerprint density at radius 3 is 2.60 bits per heavy atom. The van der Waals surface area contributed by atoms with Gasteiger partial charge in [0.25, 0.3) is 0 Å². The number of sulfone groups is 1. The zero-order chi connectivity index (χ0) is 13.8. The van der Waals surface area contributed by atoms with Gasteiger partial charge < -0.3 is 5.32 Å². The van der Waals surface area contributed by atoms with Crippen LogP contribution in [-0.2, 0) is 28.2 Å². The predicted octanol–water partition coefficient (Wildman–Crippen LogP) is 1.79. The maximum absolute atomic E-state index is 11.8. The van der Waals surface area contributed by atoms with Crippen molar-refractivity contribution in [2.24, 2.45) is 0 Å². The Labute approximate surface area is 123 Å². The van der Waals surface area contributed by atoms with Crippen molar-refractivity contribution in [3.63, 3.8) is 0 Å². The van der Waals surface area contributed by atoms with Crippen molar-refractivity contribution in [3.05, 3.63) is 15.6 Å². The van der Waals surface area contributed by atoms with Gasteiger partial charge in [-0.25, -0.2) is 13.4 Å². The summed E-state index contributed by atoms with van der Waals surface area (Å²) in [7, 11) is -2.84. The minimum atomic E-state index is -2.84. The summed E-state index contributed by atoms with van der Waals surface area (Å²) in [5, 5.41) is 4.89. The molecule has 3 aliphatic rings. The predicted molar refractivity (Wildman–Crippen MR) is 79.9 cm³/mol. The molecule has 0 atom stereocenters. The van der Waals surface area contributed by atoms with Crippen molar-refractivity contribution < 1.29 is 8.42 Å². The van der Waals surface area contributed by atoms with E-state index in [1.54, 1.807) is 0 Å². The van der Waals surface area contributed by atoms with Crippen LogP contribution in [0.2, 0.25) is 0 Å². The molecule has 1 aromatic heterocycles. The maximum atomic E-state index is 11.8. The van der Waals surface area contributed by atoms with E-state index < -0.39 is 9.84 Å². The average molecular weight is 312 g/mol. The van der Waals surface area contributed by atoms with E-state index in [-0.39, 0.29) is 5.54 Å². The largest absolute Gasteiger partial charge is 0.303 e. The summed E-state index contributed by atoms with van der Waals surface area (Å²) in [5.41, 5.74) is 1.11. The summed E-state index contributed by atoms with van der Waals surface area (Å²) in [6, 6.07) is 0.578. The number of nitrogens with zero attached hydrogens (tertiary/aromatic N) is 1. The van der Waals surface area contributed by atoms with Gasteiger partial charge in [-0.3, -0.25) is 0 Å². The molecule has 1 saturated heterocycles. The topological polar surface area (TPSA) is 59.1 Å². The van der Waals surface area contributed by atoms with Gasteiger partial charge in [0.2, 0.25) is 0 Å². The van der Waals surface area contributed by atoms with Crippen LogP contribution in [0.1, 0.15) is 47.7 Å². The molecule has 1 saturated carbocycles. The van der Waals surface area contributed by atoms with Crippen LogP contribution in [0.15, 0.2) is 0 Å². The molecule has 0 aromatic carbocycles.